The van der Waals surface area contributed by atoms with E-state index < -0.39 is 5.67 Å². The van der Waals surface area contributed by atoms with Crippen LogP contribution >= 0.6 is 0 Å². The fraction of sp³-hybridized carbons (Fsp3) is 0.696. The first-order valence-electron chi connectivity index (χ1n) is 10.6. The summed E-state index contributed by atoms with van der Waals surface area (Å²) in [5, 5.41) is 3.67. The van der Waals surface area contributed by atoms with E-state index in [4.69, 9.17) is 4.74 Å². The van der Waals surface area contributed by atoms with Crippen LogP contribution in [0, 0.1) is 17.3 Å². The molecule has 3 fully saturated rings. The van der Waals surface area contributed by atoms with Crippen LogP contribution in [0.4, 0.5) is 4.39 Å². The standard InChI is InChI=1S/C23H32FN3O/c1-22(24)11-14-27(15-12-22)13-4-6-17-16-19-18(7-8-20(17)28-3)23(9-5-10-23)21(25-2)26-19/h7,19H,5,8-16H2,1-3H3,(H,25,26). The molecule has 1 unspecified atom stereocenters. The number of hydrogen-bond acceptors (Lipinski definition) is 3. The summed E-state index contributed by atoms with van der Waals surface area (Å²) in [6.07, 6.45) is 8.87. The van der Waals surface area contributed by atoms with Gasteiger partial charge in [-0.15, -0.1) is 0 Å². The second kappa shape index (κ2) is 7.55. The van der Waals surface area contributed by atoms with Crippen LogP contribution in [0.15, 0.2) is 28.0 Å². The minimum Gasteiger partial charge on any atom is -0.500 e. The van der Waals surface area contributed by atoms with Gasteiger partial charge < -0.3 is 10.1 Å². The lowest BCUT2D eigenvalue weighted by Gasteiger charge is -2.39. The van der Waals surface area contributed by atoms with Crippen molar-refractivity contribution < 1.29 is 9.13 Å². The Bertz CT molecular complexity index is 769. The molecule has 2 aliphatic carbocycles. The number of halogens is 1. The van der Waals surface area contributed by atoms with E-state index in [0.717, 1.165) is 43.1 Å². The molecule has 4 rings (SSSR count). The van der Waals surface area contributed by atoms with Gasteiger partial charge in [0.15, 0.2) is 0 Å². The minimum atomic E-state index is -1.01. The van der Waals surface area contributed by atoms with Gasteiger partial charge in [0, 0.05) is 38.6 Å². The van der Waals surface area contributed by atoms with Crippen molar-refractivity contribution in [3.8, 4) is 11.8 Å². The van der Waals surface area contributed by atoms with Crippen LogP contribution in [-0.2, 0) is 4.74 Å². The Labute approximate surface area is 168 Å². The number of rotatable bonds is 2. The van der Waals surface area contributed by atoms with E-state index in [1.807, 2.05) is 7.05 Å². The van der Waals surface area contributed by atoms with E-state index in [2.05, 4.69) is 33.1 Å². The number of amidine groups is 1. The van der Waals surface area contributed by atoms with Crippen LogP contribution in [0.25, 0.3) is 0 Å². The molecule has 5 heteroatoms. The smallest absolute Gasteiger partial charge is 0.111 e. The highest BCUT2D eigenvalue weighted by Gasteiger charge is 2.52. The van der Waals surface area contributed by atoms with Gasteiger partial charge in [0.05, 0.1) is 25.1 Å². The van der Waals surface area contributed by atoms with E-state index >= 15 is 0 Å². The molecular weight excluding hydrogens is 353 g/mol. The Balaban J connectivity index is 1.46. The Morgan fingerprint density at radius 1 is 1.32 bits per heavy atom. The number of aliphatic imine (C=N–C) groups is 1. The molecule has 0 aromatic rings. The van der Waals surface area contributed by atoms with Crippen LogP contribution in [0.3, 0.4) is 0 Å². The van der Waals surface area contributed by atoms with Crippen molar-refractivity contribution in [3.63, 3.8) is 0 Å². The predicted octanol–water partition coefficient (Wildman–Crippen LogP) is 3.60. The second-order valence-corrected chi connectivity index (χ2v) is 8.87. The highest BCUT2D eigenvalue weighted by molar-refractivity contribution is 5.96. The predicted molar refractivity (Wildman–Crippen MR) is 111 cm³/mol. The Kier molecular flexibility index (Phi) is 5.26. The van der Waals surface area contributed by atoms with Crippen molar-refractivity contribution in [1.29, 1.82) is 0 Å². The second-order valence-electron chi connectivity index (χ2n) is 8.87. The molecule has 1 atom stereocenters. The molecule has 4 nitrogen and oxygen atoms in total. The van der Waals surface area contributed by atoms with E-state index in [1.54, 1.807) is 14.0 Å². The summed E-state index contributed by atoms with van der Waals surface area (Å²) < 4.78 is 19.7. The fourth-order valence-electron chi connectivity index (χ4n) is 5.09. The van der Waals surface area contributed by atoms with Crippen LogP contribution in [0.5, 0.6) is 0 Å². The van der Waals surface area contributed by atoms with E-state index in [-0.39, 0.29) is 11.5 Å². The molecule has 0 amide bonds. The zero-order valence-electron chi connectivity index (χ0n) is 17.4. The molecule has 2 saturated heterocycles. The average molecular weight is 386 g/mol. The number of ether oxygens (including phenoxy) is 1. The van der Waals surface area contributed by atoms with Crippen molar-refractivity contribution in [2.24, 2.45) is 10.4 Å². The Hall–Kier alpha value is -1.80. The van der Waals surface area contributed by atoms with E-state index in [1.165, 1.54) is 24.8 Å². The first kappa shape index (κ1) is 19.5. The van der Waals surface area contributed by atoms with Gasteiger partial charge in [0.2, 0.25) is 0 Å². The van der Waals surface area contributed by atoms with Crippen LogP contribution in [0.1, 0.15) is 51.9 Å². The summed E-state index contributed by atoms with van der Waals surface area (Å²) in [5.74, 6) is 8.87. The lowest BCUT2D eigenvalue weighted by molar-refractivity contribution is 0.0810. The maximum absolute atomic E-state index is 14.0. The third kappa shape index (κ3) is 3.48. The Morgan fingerprint density at radius 3 is 2.68 bits per heavy atom. The molecule has 0 aromatic heterocycles. The third-order valence-electron chi connectivity index (χ3n) is 7.06. The maximum Gasteiger partial charge on any atom is 0.111 e. The van der Waals surface area contributed by atoms with Gasteiger partial charge >= 0.3 is 0 Å². The summed E-state index contributed by atoms with van der Waals surface area (Å²) in [4.78, 5) is 6.81. The van der Waals surface area contributed by atoms with Gasteiger partial charge in [0.1, 0.15) is 17.3 Å². The van der Waals surface area contributed by atoms with Crippen LogP contribution < -0.4 is 5.32 Å². The topological polar surface area (TPSA) is 36.9 Å². The molecule has 28 heavy (non-hydrogen) atoms. The van der Waals surface area contributed by atoms with Crippen molar-refractivity contribution in [2.75, 3.05) is 33.8 Å². The molecule has 0 aromatic carbocycles. The molecule has 2 aliphatic heterocycles. The molecule has 152 valence electrons. The summed E-state index contributed by atoms with van der Waals surface area (Å²) in [6, 6.07) is 0.276. The molecule has 1 saturated carbocycles. The number of alkyl halides is 1. The van der Waals surface area contributed by atoms with Gasteiger partial charge in [-0.05, 0) is 38.2 Å². The summed E-state index contributed by atoms with van der Waals surface area (Å²) in [7, 11) is 3.64. The highest BCUT2D eigenvalue weighted by atomic mass is 19.1. The van der Waals surface area contributed by atoms with Crippen molar-refractivity contribution in [3.05, 3.63) is 23.0 Å². The van der Waals surface area contributed by atoms with Crippen LogP contribution in [0.2, 0.25) is 0 Å². The summed E-state index contributed by atoms with van der Waals surface area (Å²) >= 11 is 0. The van der Waals surface area contributed by atoms with Gasteiger partial charge in [-0.2, -0.15) is 0 Å². The van der Waals surface area contributed by atoms with Gasteiger partial charge in [-0.3, -0.25) is 9.89 Å². The summed E-state index contributed by atoms with van der Waals surface area (Å²) in [5.41, 5.74) is 1.71. The molecule has 1 spiro atoms. The van der Waals surface area contributed by atoms with Gasteiger partial charge in [-0.25, -0.2) is 4.39 Å². The van der Waals surface area contributed by atoms with Gasteiger partial charge in [-0.1, -0.05) is 24.3 Å². The van der Waals surface area contributed by atoms with E-state index in [9.17, 15) is 4.39 Å². The van der Waals surface area contributed by atoms with Crippen LogP contribution in [-0.4, -0.2) is 56.2 Å². The normalized spacial score (nSPS) is 29.9. The lowest BCUT2D eigenvalue weighted by atomic mass is 9.63. The molecular formula is C23H32FN3O. The zero-order valence-corrected chi connectivity index (χ0v) is 17.4. The molecule has 0 radical (unpaired) electrons. The van der Waals surface area contributed by atoms with E-state index in [0.29, 0.717) is 19.4 Å². The number of likely N-dealkylation sites (tertiary alicyclic amines) is 1. The first-order chi connectivity index (χ1) is 13.5. The highest BCUT2D eigenvalue weighted by Crippen LogP contribution is 2.53. The largest absolute Gasteiger partial charge is 0.500 e. The molecule has 4 aliphatic rings. The number of fused-ring (bicyclic) bond motifs is 2. The lowest BCUT2D eigenvalue weighted by Crippen LogP contribution is -2.40. The SMILES string of the molecule is CN=C1NC2CC(C#CCN3CCC(C)(F)CC3)=C(OC)CC=C2C12CCC2. The number of piperidine rings is 1. The quantitative estimate of drug-likeness (QED) is 0.583. The maximum atomic E-state index is 14.0. The first-order valence-corrected chi connectivity index (χ1v) is 10.6. The number of allylic oxidation sites excluding steroid dienone is 1. The number of nitrogens with zero attached hydrogens (tertiary/aromatic N) is 2. The molecule has 2 heterocycles. The molecule has 0 bridgehead atoms. The summed E-state index contributed by atoms with van der Waals surface area (Å²) in [6.45, 7) is 3.97. The Morgan fingerprint density at radius 2 is 2.07 bits per heavy atom. The number of methoxy groups -OCH3 is 1. The van der Waals surface area contributed by atoms with Crippen molar-refractivity contribution in [1.82, 2.24) is 10.2 Å². The van der Waals surface area contributed by atoms with Gasteiger partial charge in [0.25, 0.3) is 0 Å². The fourth-order valence-corrected chi connectivity index (χ4v) is 5.09. The van der Waals surface area contributed by atoms with Crippen molar-refractivity contribution in [2.45, 2.75) is 63.6 Å². The average Bonchev–Trinajstić information content (AvgIpc) is 2.86. The van der Waals surface area contributed by atoms with Crippen molar-refractivity contribution >= 4 is 5.84 Å². The monoisotopic (exact) mass is 385 g/mol. The zero-order chi connectivity index (χ0) is 19.8. The molecule has 1 N–H and O–H groups in total. The number of nitrogens with one attached hydrogen (secondary N) is 1. The third-order valence-corrected chi connectivity index (χ3v) is 7.06. The minimum absolute atomic E-state index is 0.147. The number of hydrogen-bond donors (Lipinski definition) is 1.